The first-order valence-electron chi connectivity index (χ1n) is 9.14. The smallest absolute Gasteiger partial charge is 0.191 e. The molecule has 1 heterocycles. The number of nitrogens with zero attached hydrogens (tertiary/aromatic N) is 2. The topological polar surface area (TPSA) is 78.8 Å². The molecule has 6 nitrogen and oxygen atoms in total. The summed E-state index contributed by atoms with van der Waals surface area (Å²) in [7, 11) is 0. The lowest BCUT2D eigenvalue weighted by atomic mass is 10.1. The maximum absolute atomic E-state index is 13.3. The molecule has 0 radical (unpaired) electrons. The Labute approximate surface area is 182 Å². The summed E-state index contributed by atoms with van der Waals surface area (Å²) < 4.78 is 19.1. The molecule has 0 bridgehead atoms. The summed E-state index contributed by atoms with van der Waals surface area (Å²) >= 11 is 0. The molecule has 8 heteroatoms. The minimum atomic E-state index is -0.700. The molecular weight excluding hydrogens is 474 g/mol. The molecule has 1 aromatic carbocycles. The summed E-state index contributed by atoms with van der Waals surface area (Å²) in [5, 5.41) is 16.6. The van der Waals surface area contributed by atoms with E-state index in [1.165, 1.54) is 12.1 Å². The van der Waals surface area contributed by atoms with Crippen molar-refractivity contribution < 1.29 is 14.2 Å². The zero-order chi connectivity index (χ0) is 19.5. The monoisotopic (exact) mass is 502 g/mol. The Hall–Kier alpha value is -1.94. The minimum absolute atomic E-state index is 0. The van der Waals surface area contributed by atoms with E-state index >= 15 is 0 Å². The van der Waals surface area contributed by atoms with Crippen molar-refractivity contribution in [1.82, 2.24) is 15.6 Å². The van der Waals surface area contributed by atoms with E-state index in [0.29, 0.717) is 24.8 Å². The van der Waals surface area contributed by atoms with Crippen molar-refractivity contribution in [3.05, 3.63) is 60.2 Å². The average Bonchev–Trinajstić information content (AvgIpc) is 2.69. The number of aliphatic imine (C=N–C) groups is 1. The van der Waals surface area contributed by atoms with Crippen molar-refractivity contribution >= 4 is 29.9 Å². The molecule has 28 heavy (non-hydrogen) atoms. The van der Waals surface area contributed by atoms with Gasteiger partial charge in [-0.1, -0.05) is 13.0 Å². The van der Waals surface area contributed by atoms with Gasteiger partial charge in [0.05, 0.1) is 19.2 Å². The molecule has 0 saturated heterocycles. The van der Waals surface area contributed by atoms with Crippen molar-refractivity contribution in [1.29, 1.82) is 0 Å². The largest absolute Gasteiger partial charge is 0.489 e. The quantitative estimate of drug-likeness (QED) is 0.279. The molecular formula is C20H28FIN4O2. The second-order valence-corrected chi connectivity index (χ2v) is 6.00. The first kappa shape index (κ1) is 24.1. The fourth-order valence-corrected chi connectivity index (χ4v) is 2.42. The third-order valence-corrected chi connectivity index (χ3v) is 3.91. The van der Waals surface area contributed by atoms with Gasteiger partial charge in [0, 0.05) is 25.0 Å². The number of hydrogen-bond acceptors (Lipinski definition) is 4. The second kappa shape index (κ2) is 13.3. The molecule has 0 aliphatic heterocycles. The Morgan fingerprint density at radius 3 is 2.61 bits per heavy atom. The van der Waals surface area contributed by atoms with Crippen LogP contribution in [0, 0.1) is 5.82 Å². The molecule has 2 aromatic rings. The van der Waals surface area contributed by atoms with Gasteiger partial charge in [-0.2, -0.15) is 0 Å². The number of aliphatic hydroxyl groups is 1. The molecule has 0 fully saturated rings. The highest BCUT2D eigenvalue weighted by atomic mass is 127. The van der Waals surface area contributed by atoms with Crippen LogP contribution in [0.3, 0.4) is 0 Å². The lowest BCUT2D eigenvalue weighted by molar-refractivity contribution is 0.186. The van der Waals surface area contributed by atoms with Crippen molar-refractivity contribution in [3.8, 4) is 5.75 Å². The summed E-state index contributed by atoms with van der Waals surface area (Å²) in [5.74, 6) is 0.765. The van der Waals surface area contributed by atoms with Gasteiger partial charge >= 0.3 is 0 Å². The van der Waals surface area contributed by atoms with Crippen LogP contribution in [-0.2, 0) is 0 Å². The van der Waals surface area contributed by atoms with Gasteiger partial charge in [0.1, 0.15) is 17.7 Å². The summed E-state index contributed by atoms with van der Waals surface area (Å²) in [6, 6.07) is 9.64. The number of aromatic nitrogens is 1. The molecule has 154 valence electrons. The molecule has 0 amide bonds. The third kappa shape index (κ3) is 8.39. The van der Waals surface area contributed by atoms with E-state index < -0.39 is 6.10 Å². The van der Waals surface area contributed by atoms with Crippen LogP contribution < -0.4 is 15.4 Å². The van der Waals surface area contributed by atoms with Crippen molar-refractivity contribution in [2.75, 3.05) is 19.6 Å². The molecule has 0 aliphatic carbocycles. The SMILES string of the molecule is CCNC(=NCC(O)c1ccncc1)NCC(CC)Oc1cccc(F)c1.I. The van der Waals surface area contributed by atoms with E-state index in [9.17, 15) is 9.50 Å². The van der Waals surface area contributed by atoms with Gasteiger partial charge in [0.2, 0.25) is 0 Å². The predicted octanol–water partition coefficient (Wildman–Crippen LogP) is 3.28. The Bertz CT molecular complexity index is 718. The number of benzene rings is 1. The summed E-state index contributed by atoms with van der Waals surface area (Å²) in [6.45, 7) is 5.39. The van der Waals surface area contributed by atoms with Crippen LogP contribution in [0.2, 0.25) is 0 Å². The standard InChI is InChI=1S/C20H27FN4O2.HI/c1-3-17(27-18-7-5-6-16(21)12-18)13-24-20(23-4-2)25-14-19(26)15-8-10-22-11-9-15;/h5-12,17,19,26H,3-4,13-14H2,1-2H3,(H2,23,24,25);1H. The van der Waals surface area contributed by atoms with Gasteiger partial charge < -0.3 is 20.5 Å². The Morgan fingerprint density at radius 1 is 1.21 bits per heavy atom. The highest BCUT2D eigenvalue weighted by Gasteiger charge is 2.11. The molecule has 2 rings (SSSR count). The average molecular weight is 502 g/mol. The highest BCUT2D eigenvalue weighted by molar-refractivity contribution is 14.0. The minimum Gasteiger partial charge on any atom is -0.489 e. The zero-order valence-electron chi connectivity index (χ0n) is 16.1. The van der Waals surface area contributed by atoms with E-state index in [4.69, 9.17) is 4.74 Å². The summed E-state index contributed by atoms with van der Waals surface area (Å²) in [5.41, 5.74) is 0.769. The van der Waals surface area contributed by atoms with Crippen LogP contribution in [-0.4, -0.2) is 41.8 Å². The molecule has 2 atom stereocenters. The number of nitrogens with one attached hydrogen (secondary N) is 2. The number of hydrogen-bond donors (Lipinski definition) is 3. The molecule has 1 aromatic heterocycles. The van der Waals surface area contributed by atoms with Gasteiger partial charge in [0.25, 0.3) is 0 Å². The van der Waals surface area contributed by atoms with Gasteiger partial charge in [-0.25, -0.2) is 4.39 Å². The van der Waals surface area contributed by atoms with Crippen LogP contribution in [0.15, 0.2) is 53.8 Å². The van der Waals surface area contributed by atoms with Crippen molar-refractivity contribution in [2.45, 2.75) is 32.5 Å². The first-order chi connectivity index (χ1) is 13.1. The highest BCUT2D eigenvalue weighted by Crippen LogP contribution is 2.15. The fourth-order valence-electron chi connectivity index (χ4n) is 2.42. The lowest BCUT2D eigenvalue weighted by Gasteiger charge is -2.20. The lowest BCUT2D eigenvalue weighted by Crippen LogP contribution is -2.42. The molecule has 2 unspecified atom stereocenters. The van der Waals surface area contributed by atoms with Gasteiger partial charge in [-0.3, -0.25) is 9.98 Å². The molecule has 0 aliphatic rings. The summed E-state index contributed by atoms with van der Waals surface area (Å²) in [4.78, 5) is 8.37. The number of halogens is 2. The van der Waals surface area contributed by atoms with Crippen molar-refractivity contribution in [2.24, 2.45) is 4.99 Å². The maximum Gasteiger partial charge on any atom is 0.191 e. The molecule has 3 N–H and O–H groups in total. The second-order valence-electron chi connectivity index (χ2n) is 6.00. The zero-order valence-corrected chi connectivity index (χ0v) is 18.5. The maximum atomic E-state index is 13.3. The van der Waals surface area contributed by atoms with Crippen LogP contribution in [0.4, 0.5) is 4.39 Å². The van der Waals surface area contributed by atoms with E-state index in [1.807, 2.05) is 13.8 Å². The number of ether oxygens (including phenoxy) is 1. The first-order valence-corrected chi connectivity index (χ1v) is 9.14. The predicted molar refractivity (Wildman–Crippen MR) is 120 cm³/mol. The number of pyridine rings is 1. The summed E-state index contributed by atoms with van der Waals surface area (Å²) in [6.07, 6.45) is 3.19. The normalized spacial score (nSPS) is 13.2. The van der Waals surface area contributed by atoms with Gasteiger partial charge in [-0.05, 0) is 43.2 Å². The molecule has 0 spiro atoms. The van der Waals surface area contributed by atoms with Crippen LogP contribution in [0.5, 0.6) is 5.75 Å². The number of rotatable bonds is 9. The van der Waals surface area contributed by atoms with Crippen LogP contribution >= 0.6 is 24.0 Å². The Morgan fingerprint density at radius 2 is 1.96 bits per heavy atom. The van der Waals surface area contributed by atoms with Crippen LogP contribution in [0.1, 0.15) is 31.9 Å². The van der Waals surface area contributed by atoms with E-state index in [-0.39, 0.29) is 42.4 Å². The third-order valence-electron chi connectivity index (χ3n) is 3.91. The number of guanidine groups is 1. The molecule has 0 saturated carbocycles. The van der Waals surface area contributed by atoms with Gasteiger partial charge in [-0.15, -0.1) is 24.0 Å². The number of aliphatic hydroxyl groups excluding tert-OH is 1. The Balaban J connectivity index is 0.00000392. The van der Waals surface area contributed by atoms with Crippen molar-refractivity contribution in [3.63, 3.8) is 0 Å². The van der Waals surface area contributed by atoms with Crippen LogP contribution in [0.25, 0.3) is 0 Å². The van der Waals surface area contributed by atoms with E-state index in [1.54, 1.807) is 36.7 Å². The van der Waals surface area contributed by atoms with E-state index in [0.717, 1.165) is 12.0 Å². The fraction of sp³-hybridized carbons (Fsp3) is 0.400. The van der Waals surface area contributed by atoms with Gasteiger partial charge in [0.15, 0.2) is 5.96 Å². The Kier molecular flexibility index (Phi) is 11.4. The van der Waals surface area contributed by atoms with E-state index in [2.05, 4.69) is 20.6 Å².